The quantitative estimate of drug-likeness (QED) is 0.169. The number of fused-ring (bicyclic) bond motifs is 11. The third-order valence-electron chi connectivity index (χ3n) is 10.4. The van der Waals surface area contributed by atoms with Crippen LogP contribution in [0, 0.1) is 0 Å². The van der Waals surface area contributed by atoms with Crippen molar-refractivity contribution >= 4 is 53.9 Å². The zero-order chi connectivity index (χ0) is 33.0. The van der Waals surface area contributed by atoms with Crippen LogP contribution < -0.4 is 0 Å². The molecule has 10 rings (SSSR count). The Morgan fingerprint density at radius 1 is 0.160 bits per heavy atom. The number of benzene rings is 10. The van der Waals surface area contributed by atoms with Gasteiger partial charge in [-0.1, -0.05) is 170 Å². The maximum atomic E-state index is 2.43. The summed E-state index contributed by atoms with van der Waals surface area (Å²) in [5, 5.41) is 12.9. The molecule has 0 spiro atoms. The molecule has 0 heteroatoms. The normalized spacial score (nSPS) is 11.6. The molecule has 50 heavy (non-hydrogen) atoms. The summed E-state index contributed by atoms with van der Waals surface area (Å²) < 4.78 is 0. The first kappa shape index (κ1) is 28.5. The molecule has 10 aromatic carbocycles. The lowest BCUT2D eigenvalue weighted by Gasteiger charge is -2.18. The van der Waals surface area contributed by atoms with Crippen molar-refractivity contribution in [2.24, 2.45) is 0 Å². The zero-order valence-electron chi connectivity index (χ0n) is 27.5. The van der Waals surface area contributed by atoms with Crippen LogP contribution in [0.25, 0.3) is 98.4 Å². The molecular formula is C50H32. The summed E-state index contributed by atoms with van der Waals surface area (Å²) in [6.45, 7) is 0. The molecule has 0 aliphatic rings. The fraction of sp³-hybridized carbons (Fsp3) is 0. The van der Waals surface area contributed by atoms with Crippen LogP contribution in [0.3, 0.4) is 0 Å². The molecule has 0 aromatic heterocycles. The minimum absolute atomic E-state index is 1.22. The van der Waals surface area contributed by atoms with Crippen LogP contribution in [0.2, 0.25) is 0 Å². The number of hydrogen-bond acceptors (Lipinski definition) is 0. The van der Waals surface area contributed by atoms with Gasteiger partial charge in [-0.05, 0) is 123 Å². The first-order chi connectivity index (χ1) is 24.8. The molecule has 0 heterocycles. The molecule has 0 bridgehead atoms. The van der Waals surface area contributed by atoms with Crippen LogP contribution in [-0.2, 0) is 0 Å². The summed E-state index contributed by atoms with van der Waals surface area (Å²) >= 11 is 0. The summed E-state index contributed by atoms with van der Waals surface area (Å²) in [7, 11) is 0. The summed E-state index contributed by atoms with van der Waals surface area (Å²) in [6.07, 6.45) is 0. The van der Waals surface area contributed by atoms with Crippen molar-refractivity contribution in [1.29, 1.82) is 0 Å². The van der Waals surface area contributed by atoms with E-state index >= 15 is 0 Å². The van der Waals surface area contributed by atoms with Crippen molar-refractivity contribution in [1.82, 2.24) is 0 Å². The van der Waals surface area contributed by atoms with Gasteiger partial charge in [0.25, 0.3) is 0 Å². The van der Waals surface area contributed by atoms with Crippen molar-refractivity contribution in [3.05, 3.63) is 194 Å². The van der Waals surface area contributed by atoms with Crippen molar-refractivity contribution in [2.45, 2.75) is 0 Å². The Morgan fingerprint density at radius 2 is 0.460 bits per heavy atom. The zero-order valence-corrected chi connectivity index (χ0v) is 27.5. The predicted octanol–water partition coefficient (Wildman–Crippen LogP) is 14.1. The minimum Gasteiger partial charge on any atom is -0.0622 e. The SMILES string of the molecule is c1ccc(-c2cccc(-c3ccc4c5ccccc5c5c6cc(-c7cccc(-c8ccccc8)c7)ccc6c6ccccc6c5c4c3)c2)cc1. The lowest BCUT2D eigenvalue weighted by molar-refractivity contribution is 1.60. The smallest absolute Gasteiger partial charge is 0.00137 e. The Balaban J connectivity index is 1.28. The highest BCUT2D eigenvalue weighted by atomic mass is 14.2. The molecule has 0 atom stereocenters. The second-order valence-electron chi connectivity index (χ2n) is 13.3. The predicted molar refractivity (Wildman–Crippen MR) is 216 cm³/mol. The monoisotopic (exact) mass is 632 g/mol. The molecule has 0 amide bonds. The Morgan fingerprint density at radius 3 is 0.880 bits per heavy atom. The second-order valence-corrected chi connectivity index (χ2v) is 13.3. The molecule has 0 fully saturated rings. The van der Waals surface area contributed by atoms with Gasteiger partial charge >= 0.3 is 0 Å². The first-order valence-corrected chi connectivity index (χ1v) is 17.3. The Hall–Kier alpha value is -6.50. The summed E-state index contributed by atoms with van der Waals surface area (Å²) in [5.74, 6) is 0. The highest BCUT2D eigenvalue weighted by Crippen LogP contribution is 2.45. The molecule has 0 radical (unpaired) electrons. The molecule has 0 aliphatic heterocycles. The van der Waals surface area contributed by atoms with Crippen LogP contribution in [0.5, 0.6) is 0 Å². The van der Waals surface area contributed by atoms with E-state index in [1.54, 1.807) is 0 Å². The van der Waals surface area contributed by atoms with Crippen LogP contribution in [0.15, 0.2) is 194 Å². The second kappa shape index (κ2) is 11.6. The molecule has 0 nitrogen and oxygen atoms in total. The maximum Gasteiger partial charge on any atom is -0.00137 e. The molecular weight excluding hydrogens is 601 g/mol. The highest BCUT2D eigenvalue weighted by Gasteiger charge is 2.17. The fourth-order valence-electron chi connectivity index (χ4n) is 8.05. The fourth-order valence-corrected chi connectivity index (χ4v) is 8.05. The van der Waals surface area contributed by atoms with E-state index in [2.05, 4.69) is 194 Å². The van der Waals surface area contributed by atoms with Gasteiger partial charge in [-0.25, -0.2) is 0 Å². The lowest BCUT2D eigenvalue weighted by Crippen LogP contribution is -1.90. The van der Waals surface area contributed by atoms with Gasteiger partial charge in [0.1, 0.15) is 0 Å². The molecule has 0 unspecified atom stereocenters. The summed E-state index contributed by atoms with van der Waals surface area (Å²) in [5.41, 5.74) is 9.81. The van der Waals surface area contributed by atoms with E-state index in [1.165, 1.54) is 98.4 Å². The standard InChI is InChI=1S/C50H32/c1-3-13-33(14-4-1)35-17-11-19-37(29-35)39-25-27-43-41-21-7-10-24-46(41)50-48-32-40(38-20-12-18-36(30-38)34-15-5-2-6-16-34)26-28-44(48)42-22-8-9-23-45(42)49(50)47(43)31-39/h1-32H. The Bertz CT molecular complexity index is 2700. The molecule has 0 aliphatic carbocycles. The highest BCUT2D eigenvalue weighted by molar-refractivity contribution is 6.39. The van der Waals surface area contributed by atoms with Gasteiger partial charge in [-0.2, -0.15) is 0 Å². The maximum absolute atomic E-state index is 2.43. The van der Waals surface area contributed by atoms with E-state index in [9.17, 15) is 0 Å². The summed E-state index contributed by atoms with van der Waals surface area (Å²) in [6, 6.07) is 71.3. The average Bonchev–Trinajstić information content (AvgIpc) is 3.21. The van der Waals surface area contributed by atoms with Crippen molar-refractivity contribution in [2.75, 3.05) is 0 Å². The minimum atomic E-state index is 1.22. The lowest BCUT2D eigenvalue weighted by atomic mass is 9.85. The van der Waals surface area contributed by atoms with Gasteiger partial charge in [0, 0.05) is 0 Å². The average molecular weight is 633 g/mol. The van der Waals surface area contributed by atoms with Gasteiger partial charge in [0.15, 0.2) is 0 Å². The van der Waals surface area contributed by atoms with Crippen LogP contribution in [0.1, 0.15) is 0 Å². The number of hydrogen-bond donors (Lipinski definition) is 0. The Kier molecular flexibility index (Phi) is 6.60. The van der Waals surface area contributed by atoms with E-state index in [1.807, 2.05) is 0 Å². The van der Waals surface area contributed by atoms with Gasteiger partial charge in [0.05, 0.1) is 0 Å². The third-order valence-corrected chi connectivity index (χ3v) is 10.4. The molecule has 0 saturated carbocycles. The molecule has 232 valence electrons. The van der Waals surface area contributed by atoms with Gasteiger partial charge in [-0.15, -0.1) is 0 Å². The largest absolute Gasteiger partial charge is 0.0622 e. The number of rotatable bonds is 4. The van der Waals surface area contributed by atoms with Gasteiger partial charge in [-0.3, -0.25) is 0 Å². The van der Waals surface area contributed by atoms with Gasteiger partial charge < -0.3 is 0 Å². The van der Waals surface area contributed by atoms with E-state index in [4.69, 9.17) is 0 Å². The van der Waals surface area contributed by atoms with Crippen LogP contribution in [-0.4, -0.2) is 0 Å². The van der Waals surface area contributed by atoms with Crippen LogP contribution in [0.4, 0.5) is 0 Å². The van der Waals surface area contributed by atoms with E-state index in [-0.39, 0.29) is 0 Å². The van der Waals surface area contributed by atoms with Crippen LogP contribution >= 0.6 is 0 Å². The Labute approximate surface area is 291 Å². The van der Waals surface area contributed by atoms with E-state index in [0.29, 0.717) is 0 Å². The molecule has 0 saturated heterocycles. The third kappa shape index (κ3) is 4.61. The summed E-state index contributed by atoms with van der Waals surface area (Å²) in [4.78, 5) is 0. The first-order valence-electron chi connectivity index (χ1n) is 17.3. The van der Waals surface area contributed by atoms with E-state index < -0.39 is 0 Å². The molecule has 10 aromatic rings. The van der Waals surface area contributed by atoms with Gasteiger partial charge in [0.2, 0.25) is 0 Å². The topological polar surface area (TPSA) is 0 Å². The van der Waals surface area contributed by atoms with Crippen molar-refractivity contribution < 1.29 is 0 Å². The van der Waals surface area contributed by atoms with E-state index in [0.717, 1.165) is 0 Å². The van der Waals surface area contributed by atoms with Crippen molar-refractivity contribution in [3.8, 4) is 44.5 Å². The molecule has 0 N–H and O–H groups in total. The van der Waals surface area contributed by atoms with Crippen molar-refractivity contribution in [3.63, 3.8) is 0 Å².